The second-order valence-electron chi connectivity index (χ2n) is 3.57. The minimum absolute atomic E-state index is 0.121. The molecule has 0 radical (unpaired) electrons. The third kappa shape index (κ3) is 3.10. The van der Waals surface area contributed by atoms with Crippen LogP contribution in [0.1, 0.15) is 10.5 Å². The molecule has 7 heteroatoms. The first-order valence-corrected chi connectivity index (χ1v) is 6.22. The van der Waals surface area contributed by atoms with E-state index in [1.165, 1.54) is 30.5 Å². The first-order chi connectivity index (χ1) is 8.99. The summed E-state index contributed by atoms with van der Waals surface area (Å²) in [5.41, 5.74) is 0.0902. The maximum Gasteiger partial charge on any atom is 0.278 e. The number of carbonyl (C=O) groups is 1. The van der Waals surface area contributed by atoms with Gasteiger partial charge in [0.25, 0.3) is 5.91 Å². The van der Waals surface area contributed by atoms with Crippen molar-refractivity contribution >= 4 is 46.4 Å². The van der Waals surface area contributed by atoms with E-state index < -0.39 is 5.91 Å². The lowest BCUT2D eigenvalue weighted by atomic mass is 10.2. The monoisotopic (exact) mass is 316 g/mol. The lowest BCUT2D eigenvalue weighted by molar-refractivity contribution is 0.101. The Balaban J connectivity index is 2.32. The fourth-order valence-corrected chi connectivity index (χ4v) is 2.32. The van der Waals surface area contributed by atoms with Crippen LogP contribution in [-0.2, 0) is 0 Å². The molecular weight excluding hydrogens is 311 g/mol. The molecule has 0 saturated heterocycles. The Morgan fingerprint density at radius 2 is 1.84 bits per heavy atom. The molecule has 0 spiro atoms. The van der Waals surface area contributed by atoms with Crippen LogP contribution in [0.2, 0.25) is 15.1 Å². The Morgan fingerprint density at radius 3 is 2.42 bits per heavy atom. The molecule has 0 fully saturated rings. The van der Waals surface area contributed by atoms with Crippen LogP contribution in [0.15, 0.2) is 30.5 Å². The topological polar surface area (TPSA) is 62.2 Å². The van der Waals surface area contributed by atoms with Crippen molar-refractivity contribution in [2.75, 3.05) is 5.32 Å². The second-order valence-corrected chi connectivity index (χ2v) is 4.82. The number of rotatable bonds is 2. The molecule has 1 amide bonds. The molecule has 0 unspecified atom stereocenters. The molecule has 0 atom stereocenters. The number of hydrogen-bond acceptors (Lipinski definition) is 3. The van der Waals surface area contributed by atoms with E-state index >= 15 is 0 Å². The summed E-state index contributed by atoms with van der Waals surface area (Å²) < 4.78 is 0. The molecule has 0 saturated carbocycles. The van der Waals surface area contributed by atoms with Crippen molar-refractivity contribution < 1.29 is 9.90 Å². The first kappa shape index (κ1) is 13.9. The maximum atomic E-state index is 11.9. The molecule has 1 aromatic carbocycles. The van der Waals surface area contributed by atoms with Crippen LogP contribution >= 0.6 is 34.8 Å². The number of aromatic nitrogens is 1. The van der Waals surface area contributed by atoms with Crippen LogP contribution in [0.25, 0.3) is 0 Å². The molecule has 0 aliphatic heterocycles. The average molecular weight is 318 g/mol. The number of pyridine rings is 1. The lowest BCUT2D eigenvalue weighted by Crippen LogP contribution is -2.14. The fourth-order valence-electron chi connectivity index (χ4n) is 1.41. The van der Waals surface area contributed by atoms with E-state index in [4.69, 9.17) is 34.8 Å². The lowest BCUT2D eigenvalue weighted by Gasteiger charge is -2.10. The van der Waals surface area contributed by atoms with Gasteiger partial charge >= 0.3 is 0 Å². The summed E-state index contributed by atoms with van der Waals surface area (Å²) in [4.78, 5) is 15.7. The van der Waals surface area contributed by atoms with Crippen LogP contribution in [0.4, 0.5) is 5.69 Å². The van der Waals surface area contributed by atoms with E-state index in [0.717, 1.165) is 0 Å². The van der Waals surface area contributed by atoms with Gasteiger partial charge in [-0.25, -0.2) is 4.98 Å². The molecule has 2 N–H and O–H groups in total. The van der Waals surface area contributed by atoms with Crippen LogP contribution in [0, 0.1) is 0 Å². The minimum atomic E-state index is -0.621. The first-order valence-electron chi connectivity index (χ1n) is 5.09. The van der Waals surface area contributed by atoms with E-state index in [0.29, 0.717) is 5.02 Å². The van der Waals surface area contributed by atoms with Crippen molar-refractivity contribution in [3.8, 4) is 5.75 Å². The van der Waals surface area contributed by atoms with E-state index in [1.807, 2.05) is 0 Å². The van der Waals surface area contributed by atoms with Crippen molar-refractivity contribution in [3.63, 3.8) is 0 Å². The van der Waals surface area contributed by atoms with Gasteiger partial charge in [-0.2, -0.15) is 0 Å². The third-order valence-electron chi connectivity index (χ3n) is 2.25. The van der Waals surface area contributed by atoms with Gasteiger partial charge in [0.1, 0.15) is 5.75 Å². The van der Waals surface area contributed by atoms with Crippen LogP contribution < -0.4 is 5.32 Å². The largest absolute Gasteiger partial charge is 0.505 e. The number of hydrogen-bond donors (Lipinski definition) is 2. The Labute approximate surface area is 123 Å². The predicted octanol–water partition coefficient (Wildman–Crippen LogP) is 4.00. The van der Waals surface area contributed by atoms with Gasteiger partial charge in [-0.1, -0.05) is 34.8 Å². The standard InChI is InChI=1S/C12H7Cl3N2O2/c13-6-4-7(14)10(8(15)5-6)17-12(19)11-9(18)2-1-3-16-11/h1-5,18H,(H,17,19). The quantitative estimate of drug-likeness (QED) is 0.880. The SMILES string of the molecule is O=C(Nc1c(Cl)cc(Cl)cc1Cl)c1ncccc1O. The average Bonchev–Trinajstić information content (AvgIpc) is 2.34. The molecule has 2 aromatic rings. The summed E-state index contributed by atoms with van der Waals surface area (Å²) in [5, 5.41) is 12.8. The minimum Gasteiger partial charge on any atom is -0.505 e. The van der Waals surface area contributed by atoms with Crippen molar-refractivity contribution in [1.29, 1.82) is 0 Å². The van der Waals surface area contributed by atoms with Crippen molar-refractivity contribution in [2.24, 2.45) is 0 Å². The Kier molecular flexibility index (Phi) is 4.14. The third-order valence-corrected chi connectivity index (χ3v) is 3.06. The number of amides is 1. The highest BCUT2D eigenvalue weighted by molar-refractivity contribution is 6.42. The molecule has 19 heavy (non-hydrogen) atoms. The fraction of sp³-hybridized carbons (Fsp3) is 0. The summed E-state index contributed by atoms with van der Waals surface area (Å²) in [6.07, 6.45) is 1.39. The number of nitrogens with zero attached hydrogens (tertiary/aromatic N) is 1. The summed E-state index contributed by atoms with van der Waals surface area (Å²) >= 11 is 17.6. The zero-order chi connectivity index (χ0) is 14.0. The number of halogens is 3. The summed E-state index contributed by atoms with van der Waals surface area (Å²) in [6.45, 7) is 0. The summed E-state index contributed by atoms with van der Waals surface area (Å²) in [7, 11) is 0. The van der Waals surface area contributed by atoms with E-state index in [1.54, 1.807) is 0 Å². The van der Waals surface area contributed by atoms with Gasteiger partial charge in [0.15, 0.2) is 5.69 Å². The number of nitrogens with one attached hydrogen (secondary N) is 1. The molecule has 0 aliphatic carbocycles. The number of benzene rings is 1. The van der Waals surface area contributed by atoms with E-state index in [-0.39, 0.29) is 27.2 Å². The molecule has 4 nitrogen and oxygen atoms in total. The molecule has 1 aromatic heterocycles. The maximum absolute atomic E-state index is 11.9. The number of carbonyl (C=O) groups excluding carboxylic acids is 1. The molecule has 0 aliphatic rings. The molecular formula is C12H7Cl3N2O2. The van der Waals surface area contributed by atoms with Crippen molar-refractivity contribution in [3.05, 3.63) is 51.2 Å². The van der Waals surface area contributed by atoms with Gasteiger partial charge in [0, 0.05) is 11.2 Å². The zero-order valence-electron chi connectivity index (χ0n) is 9.32. The van der Waals surface area contributed by atoms with Crippen LogP contribution in [0.5, 0.6) is 5.75 Å². The highest BCUT2D eigenvalue weighted by Crippen LogP contribution is 2.34. The number of anilines is 1. The van der Waals surface area contributed by atoms with Gasteiger partial charge in [0.05, 0.1) is 15.7 Å². The van der Waals surface area contributed by atoms with E-state index in [2.05, 4.69) is 10.3 Å². The van der Waals surface area contributed by atoms with Crippen molar-refractivity contribution in [2.45, 2.75) is 0 Å². The predicted molar refractivity (Wildman–Crippen MR) is 75.3 cm³/mol. The van der Waals surface area contributed by atoms with Gasteiger partial charge in [-0.15, -0.1) is 0 Å². The smallest absolute Gasteiger partial charge is 0.278 e. The van der Waals surface area contributed by atoms with Gasteiger partial charge < -0.3 is 10.4 Å². The van der Waals surface area contributed by atoms with Crippen LogP contribution in [-0.4, -0.2) is 16.0 Å². The molecule has 2 rings (SSSR count). The van der Waals surface area contributed by atoms with Crippen molar-refractivity contribution in [1.82, 2.24) is 4.98 Å². The second kappa shape index (κ2) is 5.65. The Bertz CT molecular complexity index is 624. The molecule has 98 valence electrons. The molecule has 1 heterocycles. The highest BCUT2D eigenvalue weighted by Gasteiger charge is 2.16. The molecule has 0 bridgehead atoms. The van der Waals surface area contributed by atoms with Gasteiger partial charge in [-0.05, 0) is 24.3 Å². The summed E-state index contributed by atoms with van der Waals surface area (Å²) in [6, 6.07) is 5.76. The highest BCUT2D eigenvalue weighted by atomic mass is 35.5. The van der Waals surface area contributed by atoms with Gasteiger partial charge in [0.2, 0.25) is 0 Å². The van der Waals surface area contributed by atoms with Crippen LogP contribution in [0.3, 0.4) is 0 Å². The zero-order valence-corrected chi connectivity index (χ0v) is 11.6. The van der Waals surface area contributed by atoms with E-state index in [9.17, 15) is 9.90 Å². The Hall–Kier alpha value is -1.49. The summed E-state index contributed by atoms with van der Waals surface area (Å²) in [5.74, 6) is -0.856. The number of aromatic hydroxyl groups is 1. The normalized spacial score (nSPS) is 10.3. The Morgan fingerprint density at radius 1 is 1.21 bits per heavy atom. The van der Waals surface area contributed by atoms with Gasteiger partial charge in [-0.3, -0.25) is 4.79 Å².